The molecule has 6 heteroatoms. The summed E-state index contributed by atoms with van der Waals surface area (Å²) in [6, 6.07) is 17.1. The second-order valence-electron chi connectivity index (χ2n) is 5.26. The molecule has 0 bridgehead atoms. The van der Waals surface area contributed by atoms with Gasteiger partial charge >= 0.3 is 0 Å². The van der Waals surface area contributed by atoms with Crippen LogP contribution in [0.1, 0.15) is 12.0 Å². The number of nitrogens with zero attached hydrogens (tertiary/aromatic N) is 1. The van der Waals surface area contributed by atoms with Crippen molar-refractivity contribution in [2.75, 3.05) is 13.2 Å². The third kappa shape index (κ3) is 6.19. The van der Waals surface area contributed by atoms with E-state index >= 15 is 0 Å². The van der Waals surface area contributed by atoms with E-state index in [2.05, 4.69) is 22.6 Å². The van der Waals surface area contributed by atoms with Crippen molar-refractivity contribution in [3.63, 3.8) is 0 Å². The van der Waals surface area contributed by atoms with E-state index < -0.39 is 5.91 Å². The first kappa shape index (κ1) is 18.3. The van der Waals surface area contributed by atoms with E-state index in [1.54, 1.807) is 11.0 Å². The van der Waals surface area contributed by atoms with Crippen molar-refractivity contribution >= 4 is 34.4 Å². The van der Waals surface area contributed by atoms with Crippen molar-refractivity contribution in [1.82, 2.24) is 4.90 Å². The molecule has 0 spiro atoms. The molecule has 0 aliphatic carbocycles. The van der Waals surface area contributed by atoms with E-state index in [9.17, 15) is 9.59 Å². The van der Waals surface area contributed by atoms with E-state index in [1.807, 2.05) is 48.5 Å². The third-order valence-electron chi connectivity index (χ3n) is 3.36. The Bertz CT molecular complexity index is 692. The van der Waals surface area contributed by atoms with Crippen LogP contribution in [0.25, 0.3) is 0 Å². The van der Waals surface area contributed by atoms with Gasteiger partial charge in [0, 0.05) is 23.1 Å². The summed E-state index contributed by atoms with van der Waals surface area (Å²) in [6.07, 6.45) is 0.127. The molecule has 0 atom stereocenters. The molecule has 2 aromatic rings. The Hall–Kier alpha value is -2.09. The molecule has 0 radical (unpaired) electrons. The summed E-state index contributed by atoms with van der Waals surface area (Å²) >= 11 is 2.18. The zero-order valence-electron chi connectivity index (χ0n) is 13.2. The van der Waals surface area contributed by atoms with Gasteiger partial charge in [0.15, 0.2) is 6.61 Å². The summed E-state index contributed by atoms with van der Waals surface area (Å²) in [5.74, 6) is 0.0307. The Morgan fingerprint density at radius 1 is 1.08 bits per heavy atom. The number of ether oxygens (including phenoxy) is 1. The number of primary amides is 1. The highest BCUT2D eigenvalue weighted by molar-refractivity contribution is 14.1. The smallest absolute Gasteiger partial charge is 0.260 e. The van der Waals surface area contributed by atoms with Crippen LogP contribution in [-0.4, -0.2) is 29.9 Å². The molecule has 2 aromatic carbocycles. The number of amides is 2. The lowest BCUT2D eigenvalue weighted by molar-refractivity contribution is -0.134. The first-order valence-electron chi connectivity index (χ1n) is 7.53. The van der Waals surface area contributed by atoms with Crippen molar-refractivity contribution in [2.45, 2.75) is 13.0 Å². The van der Waals surface area contributed by atoms with E-state index in [0.29, 0.717) is 12.3 Å². The van der Waals surface area contributed by atoms with Crippen molar-refractivity contribution in [3.8, 4) is 5.75 Å². The summed E-state index contributed by atoms with van der Waals surface area (Å²) in [5.41, 5.74) is 6.20. The number of halogens is 1. The molecule has 24 heavy (non-hydrogen) atoms. The van der Waals surface area contributed by atoms with Gasteiger partial charge in [-0.2, -0.15) is 0 Å². The van der Waals surface area contributed by atoms with Gasteiger partial charge in [-0.05, 0) is 46.4 Å². The minimum atomic E-state index is -0.431. The molecular formula is C18H19IN2O3. The number of hydrogen-bond donors (Lipinski definition) is 1. The van der Waals surface area contributed by atoms with Crippen molar-refractivity contribution in [3.05, 3.63) is 63.7 Å². The Balaban J connectivity index is 1.99. The predicted molar refractivity (Wildman–Crippen MR) is 100 cm³/mol. The second-order valence-corrected chi connectivity index (χ2v) is 6.51. The number of carbonyl (C=O) groups excluding carboxylic acids is 2. The normalized spacial score (nSPS) is 10.2. The summed E-state index contributed by atoms with van der Waals surface area (Å²) < 4.78 is 6.60. The van der Waals surface area contributed by atoms with Crippen LogP contribution in [0.3, 0.4) is 0 Å². The summed E-state index contributed by atoms with van der Waals surface area (Å²) in [4.78, 5) is 25.1. The Labute approximate surface area is 154 Å². The SMILES string of the molecule is NC(=O)CCN(Cc1ccccc1)C(=O)COc1cccc(I)c1. The highest BCUT2D eigenvalue weighted by Crippen LogP contribution is 2.15. The second kappa shape index (κ2) is 9.27. The lowest BCUT2D eigenvalue weighted by Gasteiger charge is -2.22. The maximum Gasteiger partial charge on any atom is 0.260 e. The van der Waals surface area contributed by atoms with Crippen LogP contribution < -0.4 is 10.5 Å². The van der Waals surface area contributed by atoms with Gasteiger partial charge in [-0.25, -0.2) is 0 Å². The first-order chi connectivity index (χ1) is 11.5. The van der Waals surface area contributed by atoms with Gasteiger partial charge in [-0.3, -0.25) is 9.59 Å². The fraction of sp³-hybridized carbons (Fsp3) is 0.222. The zero-order chi connectivity index (χ0) is 17.4. The molecule has 2 N–H and O–H groups in total. The van der Waals surface area contributed by atoms with Crippen LogP contribution in [0, 0.1) is 3.57 Å². The molecule has 0 heterocycles. The average molecular weight is 438 g/mol. The van der Waals surface area contributed by atoms with Gasteiger partial charge in [0.1, 0.15) is 5.75 Å². The fourth-order valence-electron chi connectivity index (χ4n) is 2.13. The summed E-state index contributed by atoms with van der Waals surface area (Å²) in [7, 11) is 0. The van der Waals surface area contributed by atoms with Crippen LogP contribution in [0.5, 0.6) is 5.75 Å². The first-order valence-corrected chi connectivity index (χ1v) is 8.61. The van der Waals surface area contributed by atoms with Gasteiger partial charge in [-0.1, -0.05) is 36.4 Å². The van der Waals surface area contributed by atoms with Crippen LogP contribution in [0.4, 0.5) is 0 Å². The third-order valence-corrected chi connectivity index (χ3v) is 4.03. The van der Waals surface area contributed by atoms with Gasteiger partial charge in [0.2, 0.25) is 5.91 Å². The lowest BCUT2D eigenvalue weighted by Crippen LogP contribution is -2.36. The van der Waals surface area contributed by atoms with Gasteiger partial charge in [0.25, 0.3) is 5.91 Å². The van der Waals surface area contributed by atoms with Crippen LogP contribution in [0.15, 0.2) is 54.6 Å². The van der Waals surface area contributed by atoms with Crippen LogP contribution in [0.2, 0.25) is 0 Å². The van der Waals surface area contributed by atoms with Crippen molar-refractivity contribution < 1.29 is 14.3 Å². The van der Waals surface area contributed by atoms with E-state index in [1.165, 1.54) is 0 Å². The molecule has 2 amide bonds. The molecule has 126 valence electrons. The predicted octanol–water partition coefficient (Wildman–Crippen LogP) is 2.57. The molecule has 0 aromatic heterocycles. The molecule has 0 saturated carbocycles. The van der Waals surface area contributed by atoms with E-state index in [-0.39, 0.29) is 25.5 Å². The number of rotatable bonds is 8. The minimum absolute atomic E-state index is 0.0777. The largest absolute Gasteiger partial charge is 0.484 e. The standard InChI is InChI=1S/C18H19IN2O3/c19-15-7-4-8-16(11-15)24-13-18(23)21(10-9-17(20)22)12-14-5-2-1-3-6-14/h1-8,11H,9-10,12-13H2,(H2,20,22). The molecule has 0 aliphatic heterocycles. The monoisotopic (exact) mass is 438 g/mol. The van der Waals surface area contributed by atoms with Crippen LogP contribution in [-0.2, 0) is 16.1 Å². The quantitative estimate of drug-likeness (QED) is 0.645. The topological polar surface area (TPSA) is 72.6 Å². The molecule has 5 nitrogen and oxygen atoms in total. The number of hydrogen-bond acceptors (Lipinski definition) is 3. The molecule has 0 unspecified atom stereocenters. The molecule has 0 fully saturated rings. The van der Waals surface area contributed by atoms with Crippen LogP contribution >= 0.6 is 22.6 Å². The van der Waals surface area contributed by atoms with Gasteiger partial charge in [-0.15, -0.1) is 0 Å². The van der Waals surface area contributed by atoms with Crippen molar-refractivity contribution in [2.24, 2.45) is 5.73 Å². The highest BCUT2D eigenvalue weighted by atomic mass is 127. The maximum absolute atomic E-state index is 12.5. The molecule has 2 rings (SSSR count). The Kier molecular flexibility index (Phi) is 7.05. The molecule has 0 aliphatic rings. The fourth-order valence-corrected chi connectivity index (χ4v) is 2.65. The van der Waals surface area contributed by atoms with Crippen molar-refractivity contribution in [1.29, 1.82) is 0 Å². The number of benzene rings is 2. The van der Waals surface area contributed by atoms with Gasteiger partial charge < -0.3 is 15.4 Å². The zero-order valence-corrected chi connectivity index (χ0v) is 15.3. The Morgan fingerprint density at radius 2 is 1.83 bits per heavy atom. The molecule has 0 saturated heterocycles. The summed E-state index contributed by atoms with van der Waals surface area (Å²) in [5, 5.41) is 0. The van der Waals surface area contributed by atoms with E-state index in [4.69, 9.17) is 10.5 Å². The minimum Gasteiger partial charge on any atom is -0.484 e. The molecular weight excluding hydrogens is 419 g/mol. The lowest BCUT2D eigenvalue weighted by atomic mass is 10.2. The van der Waals surface area contributed by atoms with Gasteiger partial charge in [0.05, 0.1) is 0 Å². The average Bonchev–Trinajstić information content (AvgIpc) is 2.57. The number of carbonyl (C=O) groups is 2. The maximum atomic E-state index is 12.5. The Morgan fingerprint density at radius 3 is 2.50 bits per heavy atom. The summed E-state index contributed by atoms with van der Waals surface area (Å²) in [6.45, 7) is 0.618. The van der Waals surface area contributed by atoms with E-state index in [0.717, 1.165) is 9.13 Å². The number of nitrogens with two attached hydrogens (primary N) is 1. The highest BCUT2D eigenvalue weighted by Gasteiger charge is 2.15.